The summed E-state index contributed by atoms with van der Waals surface area (Å²) in [5, 5.41) is 12.4. The first-order chi connectivity index (χ1) is 12.7. The SMILES string of the molecule is COCCNC(=O)c1ccc2nnc3nc(C)n(C4CCCC4)c3c2c1. The highest BCUT2D eigenvalue weighted by molar-refractivity contribution is 6.05. The summed E-state index contributed by atoms with van der Waals surface area (Å²) in [4.78, 5) is 17.0. The van der Waals surface area contributed by atoms with Gasteiger partial charge in [-0.2, -0.15) is 0 Å². The maximum Gasteiger partial charge on any atom is 0.251 e. The van der Waals surface area contributed by atoms with Crippen LogP contribution in [0.3, 0.4) is 0 Å². The van der Waals surface area contributed by atoms with Crippen molar-refractivity contribution < 1.29 is 9.53 Å². The van der Waals surface area contributed by atoms with Gasteiger partial charge in [0.1, 0.15) is 5.82 Å². The molecule has 1 N–H and O–H groups in total. The smallest absolute Gasteiger partial charge is 0.251 e. The fraction of sp³-hybridized carbons (Fsp3) is 0.474. The van der Waals surface area contributed by atoms with E-state index in [0.29, 0.717) is 30.4 Å². The number of nitrogens with zero attached hydrogens (tertiary/aromatic N) is 4. The minimum atomic E-state index is -0.113. The van der Waals surface area contributed by atoms with E-state index in [1.807, 2.05) is 19.1 Å². The van der Waals surface area contributed by atoms with Crippen molar-refractivity contribution in [2.45, 2.75) is 38.6 Å². The summed E-state index contributed by atoms with van der Waals surface area (Å²) in [7, 11) is 1.62. The Labute approximate surface area is 151 Å². The molecule has 7 nitrogen and oxygen atoms in total. The van der Waals surface area contributed by atoms with Gasteiger partial charge < -0.3 is 14.6 Å². The van der Waals surface area contributed by atoms with Gasteiger partial charge in [0.2, 0.25) is 5.65 Å². The number of aryl methyl sites for hydroxylation is 1. The summed E-state index contributed by atoms with van der Waals surface area (Å²) in [5.74, 6) is 0.848. The monoisotopic (exact) mass is 353 g/mol. The molecular weight excluding hydrogens is 330 g/mol. The second-order valence-electron chi connectivity index (χ2n) is 6.82. The Hall–Kier alpha value is -2.54. The number of carbonyl (C=O) groups excluding carboxylic acids is 1. The van der Waals surface area contributed by atoms with E-state index in [-0.39, 0.29) is 5.91 Å². The third-order valence-electron chi connectivity index (χ3n) is 5.12. The molecule has 7 heteroatoms. The van der Waals surface area contributed by atoms with E-state index in [1.165, 1.54) is 12.8 Å². The molecule has 1 aliphatic carbocycles. The van der Waals surface area contributed by atoms with Gasteiger partial charge in [-0.15, -0.1) is 10.2 Å². The molecule has 0 saturated heterocycles. The van der Waals surface area contributed by atoms with Gasteiger partial charge in [-0.1, -0.05) is 12.8 Å². The molecule has 1 aliphatic rings. The Morgan fingerprint density at radius 3 is 2.88 bits per heavy atom. The van der Waals surface area contributed by atoms with Crippen molar-refractivity contribution in [1.82, 2.24) is 25.1 Å². The molecule has 3 aromatic rings. The Morgan fingerprint density at radius 1 is 1.31 bits per heavy atom. The Kier molecular flexibility index (Phi) is 4.55. The van der Waals surface area contributed by atoms with Gasteiger partial charge in [0.05, 0.1) is 17.6 Å². The molecule has 136 valence electrons. The highest BCUT2D eigenvalue weighted by Gasteiger charge is 2.23. The third-order valence-corrected chi connectivity index (χ3v) is 5.12. The van der Waals surface area contributed by atoms with Crippen LogP contribution in [-0.4, -0.2) is 45.9 Å². The average molecular weight is 353 g/mol. The van der Waals surface area contributed by atoms with E-state index in [0.717, 1.165) is 35.1 Å². The minimum absolute atomic E-state index is 0.113. The molecule has 0 unspecified atom stereocenters. The molecule has 0 atom stereocenters. The zero-order valence-corrected chi connectivity index (χ0v) is 15.2. The number of fused-ring (bicyclic) bond motifs is 3. The van der Waals surface area contributed by atoms with Crippen LogP contribution in [0, 0.1) is 6.92 Å². The third kappa shape index (κ3) is 2.92. The maximum absolute atomic E-state index is 12.4. The number of aromatic nitrogens is 4. The normalized spacial score (nSPS) is 15.2. The van der Waals surface area contributed by atoms with E-state index in [1.54, 1.807) is 13.2 Å². The highest BCUT2D eigenvalue weighted by Crippen LogP contribution is 2.35. The van der Waals surface area contributed by atoms with Crippen molar-refractivity contribution in [3.8, 4) is 0 Å². The van der Waals surface area contributed by atoms with Gasteiger partial charge in [-0.3, -0.25) is 4.79 Å². The molecule has 2 aromatic heterocycles. The Morgan fingerprint density at radius 2 is 2.12 bits per heavy atom. The Bertz CT molecular complexity index is 959. The zero-order valence-electron chi connectivity index (χ0n) is 15.2. The lowest BCUT2D eigenvalue weighted by Gasteiger charge is -2.15. The van der Waals surface area contributed by atoms with Crippen molar-refractivity contribution in [2.75, 3.05) is 20.3 Å². The number of rotatable bonds is 5. The topological polar surface area (TPSA) is 81.9 Å². The first kappa shape index (κ1) is 16.9. The molecule has 1 amide bonds. The quantitative estimate of drug-likeness (QED) is 0.713. The van der Waals surface area contributed by atoms with Gasteiger partial charge in [-0.25, -0.2) is 4.98 Å². The Balaban J connectivity index is 1.82. The first-order valence-corrected chi connectivity index (χ1v) is 9.11. The summed E-state index contributed by atoms with van der Waals surface area (Å²) in [5.41, 5.74) is 3.04. The standard InChI is InChI=1S/C19H23N5O2/c1-12-21-18-17(24(12)14-5-3-4-6-14)15-11-13(7-8-16(15)22-23-18)19(25)20-9-10-26-2/h7-8,11,14H,3-6,9-10H2,1-2H3,(H,20,25). The van der Waals surface area contributed by atoms with Crippen molar-refractivity contribution >= 4 is 28.0 Å². The van der Waals surface area contributed by atoms with Gasteiger partial charge in [0.25, 0.3) is 5.91 Å². The second kappa shape index (κ2) is 6.99. The summed E-state index contributed by atoms with van der Waals surface area (Å²) < 4.78 is 7.28. The first-order valence-electron chi connectivity index (χ1n) is 9.11. The molecular formula is C19H23N5O2. The summed E-state index contributed by atoms with van der Waals surface area (Å²) >= 11 is 0. The number of carbonyl (C=O) groups is 1. The van der Waals surface area contributed by atoms with Crippen molar-refractivity contribution in [3.63, 3.8) is 0 Å². The van der Waals surface area contributed by atoms with Gasteiger partial charge in [0.15, 0.2) is 0 Å². The molecule has 4 rings (SSSR count). The van der Waals surface area contributed by atoms with Crippen LogP contribution >= 0.6 is 0 Å². The number of hydrogen-bond acceptors (Lipinski definition) is 5. The average Bonchev–Trinajstić information content (AvgIpc) is 3.28. The molecule has 26 heavy (non-hydrogen) atoms. The summed E-state index contributed by atoms with van der Waals surface area (Å²) in [6.07, 6.45) is 4.81. The lowest BCUT2D eigenvalue weighted by atomic mass is 10.1. The molecule has 1 saturated carbocycles. The number of imidazole rings is 1. The number of hydrogen-bond donors (Lipinski definition) is 1. The number of methoxy groups -OCH3 is 1. The van der Waals surface area contributed by atoms with E-state index >= 15 is 0 Å². The van der Waals surface area contributed by atoms with Crippen LogP contribution in [0.4, 0.5) is 0 Å². The predicted molar refractivity (Wildman–Crippen MR) is 99.3 cm³/mol. The van der Waals surface area contributed by atoms with Crippen LogP contribution in [0.2, 0.25) is 0 Å². The molecule has 2 heterocycles. The maximum atomic E-state index is 12.4. The fourth-order valence-electron chi connectivity index (χ4n) is 3.88. The van der Waals surface area contributed by atoms with Gasteiger partial charge >= 0.3 is 0 Å². The van der Waals surface area contributed by atoms with Crippen molar-refractivity contribution in [3.05, 3.63) is 29.6 Å². The number of amides is 1. The van der Waals surface area contributed by atoms with Crippen LogP contribution < -0.4 is 5.32 Å². The number of benzene rings is 1. The van der Waals surface area contributed by atoms with E-state index < -0.39 is 0 Å². The second-order valence-corrected chi connectivity index (χ2v) is 6.82. The van der Waals surface area contributed by atoms with Crippen molar-refractivity contribution in [1.29, 1.82) is 0 Å². The number of ether oxygens (including phenoxy) is 1. The van der Waals surface area contributed by atoms with E-state index in [4.69, 9.17) is 4.74 Å². The van der Waals surface area contributed by atoms with Crippen molar-refractivity contribution in [2.24, 2.45) is 0 Å². The van der Waals surface area contributed by atoms with Crippen LogP contribution in [0.1, 0.15) is 47.9 Å². The number of nitrogens with one attached hydrogen (secondary N) is 1. The molecule has 0 aliphatic heterocycles. The van der Waals surface area contributed by atoms with Crippen LogP contribution in [0.25, 0.3) is 22.1 Å². The largest absolute Gasteiger partial charge is 0.383 e. The lowest BCUT2D eigenvalue weighted by molar-refractivity contribution is 0.0937. The highest BCUT2D eigenvalue weighted by atomic mass is 16.5. The summed E-state index contributed by atoms with van der Waals surface area (Å²) in [6, 6.07) is 6.00. The van der Waals surface area contributed by atoms with Crippen LogP contribution in [-0.2, 0) is 4.74 Å². The van der Waals surface area contributed by atoms with Crippen LogP contribution in [0.5, 0.6) is 0 Å². The minimum Gasteiger partial charge on any atom is -0.383 e. The summed E-state index contributed by atoms with van der Waals surface area (Å²) in [6.45, 7) is 2.99. The molecule has 0 radical (unpaired) electrons. The van der Waals surface area contributed by atoms with Gasteiger partial charge in [0, 0.05) is 30.6 Å². The van der Waals surface area contributed by atoms with E-state index in [2.05, 4.69) is 25.1 Å². The van der Waals surface area contributed by atoms with Gasteiger partial charge in [-0.05, 0) is 38.0 Å². The lowest BCUT2D eigenvalue weighted by Crippen LogP contribution is -2.26. The predicted octanol–water partition coefficient (Wildman–Crippen LogP) is 2.78. The molecule has 1 aromatic carbocycles. The molecule has 1 fully saturated rings. The molecule has 0 spiro atoms. The molecule has 0 bridgehead atoms. The van der Waals surface area contributed by atoms with E-state index in [9.17, 15) is 4.79 Å². The fourth-order valence-corrected chi connectivity index (χ4v) is 3.88. The van der Waals surface area contributed by atoms with Crippen LogP contribution in [0.15, 0.2) is 18.2 Å². The zero-order chi connectivity index (χ0) is 18.1.